The fourth-order valence-corrected chi connectivity index (χ4v) is 3.26. The third-order valence-electron chi connectivity index (χ3n) is 3.54. The van der Waals surface area contributed by atoms with Crippen molar-refractivity contribution in [1.82, 2.24) is 0 Å². The Morgan fingerprint density at radius 2 is 1.73 bits per heavy atom. The van der Waals surface area contributed by atoms with E-state index in [9.17, 15) is 8.42 Å². The fourth-order valence-electron chi connectivity index (χ4n) is 2.29. The summed E-state index contributed by atoms with van der Waals surface area (Å²) in [5.41, 5.74) is 9.04. The predicted molar refractivity (Wildman–Crippen MR) is 88.1 cm³/mol. The molecule has 2 rings (SSSR count). The molecule has 118 valence electrons. The van der Waals surface area contributed by atoms with Gasteiger partial charge in [-0.1, -0.05) is 30.3 Å². The van der Waals surface area contributed by atoms with Gasteiger partial charge in [0.15, 0.2) is 0 Å². The maximum Gasteiger partial charge on any atom is 0.296 e. The van der Waals surface area contributed by atoms with Crippen molar-refractivity contribution in [3.05, 3.63) is 59.7 Å². The summed E-state index contributed by atoms with van der Waals surface area (Å²) >= 11 is 0. The molecule has 4 nitrogen and oxygen atoms in total. The molecule has 0 heterocycles. The van der Waals surface area contributed by atoms with Crippen LogP contribution in [0.2, 0.25) is 0 Å². The average Bonchev–Trinajstić information content (AvgIpc) is 2.50. The summed E-state index contributed by atoms with van der Waals surface area (Å²) in [6.07, 6.45) is 2.33. The van der Waals surface area contributed by atoms with Gasteiger partial charge in [0.25, 0.3) is 10.1 Å². The van der Waals surface area contributed by atoms with Crippen molar-refractivity contribution in [2.75, 3.05) is 12.3 Å². The largest absolute Gasteiger partial charge is 0.398 e. The third-order valence-corrected chi connectivity index (χ3v) is 4.86. The van der Waals surface area contributed by atoms with E-state index >= 15 is 0 Å². The van der Waals surface area contributed by atoms with Crippen LogP contribution in [0.15, 0.2) is 53.4 Å². The van der Waals surface area contributed by atoms with E-state index in [0.717, 1.165) is 29.7 Å². The zero-order chi connectivity index (χ0) is 16.0. The smallest absolute Gasteiger partial charge is 0.296 e. The normalized spacial score (nSPS) is 11.5. The van der Waals surface area contributed by atoms with Crippen LogP contribution in [0.4, 0.5) is 5.69 Å². The van der Waals surface area contributed by atoms with Crippen LogP contribution in [0.3, 0.4) is 0 Å². The molecule has 0 aliphatic carbocycles. The lowest BCUT2D eigenvalue weighted by atomic mass is 10.0. The fraction of sp³-hybridized carbons (Fsp3) is 0.294. The van der Waals surface area contributed by atoms with E-state index in [1.54, 1.807) is 18.2 Å². The van der Waals surface area contributed by atoms with Crippen molar-refractivity contribution in [2.45, 2.75) is 31.1 Å². The molecule has 0 saturated heterocycles. The van der Waals surface area contributed by atoms with Crippen molar-refractivity contribution in [3.8, 4) is 0 Å². The monoisotopic (exact) mass is 319 g/mol. The summed E-state index contributed by atoms with van der Waals surface area (Å²) < 4.78 is 28.9. The molecule has 0 fully saturated rings. The summed E-state index contributed by atoms with van der Waals surface area (Å²) in [7, 11) is -3.65. The van der Waals surface area contributed by atoms with Crippen molar-refractivity contribution in [1.29, 1.82) is 0 Å². The van der Waals surface area contributed by atoms with Crippen molar-refractivity contribution < 1.29 is 12.6 Å². The number of hydrogen-bond donors (Lipinski definition) is 1. The minimum atomic E-state index is -3.65. The Balaban J connectivity index is 1.81. The Morgan fingerprint density at radius 1 is 1.00 bits per heavy atom. The van der Waals surface area contributed by atoms with Crippen LogP contribution in [-0.2, 0) is 20.7 Å². The predicted octanol–water partition coefficient (Wildman–Crippen LogP) is 3.31. The van der Waals surface area contributed by atoms with Crippen molar-refractivity contribution >= 4 is 15.8 Å². The zero-order valence-electron chi connectivity index (χ0n) is 12.7. The van der Waals surface area contributed by atoms with Crippen LogP contribution in [0, 0.1) is 6.92 Å². The average molecular weight is 319 g/mol. The summed E-state index contributed by atoms with van der Waals surface area (Å²) in [5, 5.41) is 0. The lowest BCUT2D eigenvalue weighted by molar-refractivity contribution is 0.308. The molecule has 0 radical (unpaired) electrons. The van der Waals surface area contributed by atoms with Gasteiger partial charge in [0.1, 0.15) is 0 Å². The number of aryl methyl sites for hydroxylation is 1. The van der Waals surface area contributed by atoms with E-state index in [1.165, 1.54) is 12.1 Å². The molecule has 0 spiro atoms. The summed E-state index contributed by atoms with van der Waals surface area (Å²) in [4.78, 5) is 0.193. The minimum Gasteiger partial charge on any atom is -0.398 e. The van der Waals surface area contributed by atoms with Crippen LogP contribution in [-0.4, -0.2) is 15.0 Å². The van der Waals surface area contributed by atoms with E-state index in [0.29, 0.717) is 6.42 Å². The van der Waals surface area contributed by atoms with Crippen LogP contribution < -0.4 is 5.73 Å². The Bertz CT molecular complexity index is 692. The molecule has 22 heavy (non-hydrogen) atoms. The van der Waals surface area contributed by atoms with Crippen LogP contribution in [0.1, 0.15) is 24.0 Å². The first-order valence-electron chi connectivity index (χ1n) is 7.29. The van der Waals surface area contributed by atoms with E-state index in [4.69, 9.17) is 9.92 Å². The zero-order valence-corrected chi connectivity index (χ0v) is 13.5. The number of anilines is 1. The number of rotatable bonds is 7. The standard InChI is InChI=1S/C17H21NO3S/c1-14-8-7-12-17(18)16(14)11-5-6-13-21-22(19,20)15-9-3-2-4-10-15/h2-4,7-10,12H,5-6,11,13,18H2,1H3. The van der Waals surface area contributed by atoms with Crippen molar-refractivity contribution in [3.63, 3.8) is 0 Å². The number of hydrogen-bond acceptors (Lipinski definition) is 4. The van der Waals surface area contributed by atoms with Gasteiger partial charge in [-0.25, -0.2) is 0 Å². The minimum absolute atomic E-state index is 0.184. The van der Waals surface area contributed by atoms with Gasteiger partial charge in [-0.05, 0) is 55.5 Å². The van der Waals surface area contributed by atoms with E-state index in [2.05, 4.69) is 0 Å². The van der Waals surface area contributed by atoms with Gasteiger partial charge >= 0.3 is 0 Å². The van der Waals surface area contributed by atoms with E-state index in [-0.39, 0.29) is 11.5 Å². The van der Waals surface area contributed by atoms with Gasteiger partial charge in [0.05, 0.1) is 11.5 Å². The highest BCUT2D eigenvalue weighted by Gasteiger charge is 2.13. The number of benzene rings is 2. The Hall–Kier alpha value is -1.85. The van der Waals surface area contributed by atoms with Crippen LogP contribution in [0.25, 0.3) is 0 Å². The van der Waals surface area contributed by atoms with Gasteiger partial charge in [-0.15, -0.1) is 0 Å². The maximum atomic E-state index is 11.9. The first-order chi connectivity index (χ1) is 10.5. The molecule has 0 atom stereocenters. The van der Waals surface area contributed by atoms with Gasteiger partial charge in [-0.3, -0.25) is 4.18 Å². The molecular weight excluding hydrogens is 298 g/mol. The highest BCUT2D eigenvalue weighted by atomic mass is 32.2. The molecule has 0 aliphatic rings. The second-order valence-electron chi connectivity index (χ2n) is 5.19. The van der Waals surface area contributed by atoms with Gasteiger partial charge in [0, 0.05) is 5.69 Å². The highest BCUT2D eigenvalue weighted by molar-refractivity contribution is 7.86. The van der Waals surface area contributed by atoms with E-state index in [1.807, 2.05) is 25.1 Å². The molecule has 0 aromatic heterocycles. The third kappa shape index (κ3) is 4.32. The molecule has 2 N–H and O–H groups in total. The maximum absolute atomic E-state index is 11.9. The molecule has 0 unspecified atom stereocenters. The Morgan fingerprint density at radius 3 is 2.41 bits per heavy atom. The summed E-state index contributed by atoms with van der Waals surface area (Å²) in [6, 6.07) is 14.0. The van der Waals surface area contributed by atoms with Gasteiger partial charge < -0.3 is 5.73 Å². The summed E-state index contributed by atoms with van der Waals surface area (Å²) in [5.74, 6) is 0. The highest BCUT2D eigenvalue weighted by Crippen LogP contribution is 2.19. The van der Waals surface area contributed by atoms with Crippen molar-refractivity contribution in [2.24, 2.45) is 0 Å². The lowest BCUT2D eigenvalue weighted by Crippen LogP contribution is -2.08. The quantitative estimate of drug-likeness (QED) is 0.483. The van der Waals surface area contributed by atoms with Gasteiger partial charge in [0.2, 0.25) is 0 Å². The van der Waals surface area contributed by atoms with Crippen LogP contribution >= 0.6 is 0 Å². The molecule has 2 aromatic rings. The molecule has 0 saturated carbocycles. The van der Waals surface area contributed by atoms with Crippen LogP contribution in [0.5, 0.6) is 0 Å². The molecule has 0 amide bonds. The second-order valence-corrected chi connectivity index (χ2v) is 6.80. The van der Waals surface area contributed by atoms with Gasteiger partial charge in [-0.2, -0.15) is 8.42 Å². The first-order valence-corrected chi connectivity index (χ1v) is 8.70. The number of nitrogens with two attached hydrogens (primary N) is 1. The summed E-state index contributed by atoms with van der Waals surface area (Å²) in [6.45, 7) is 2.21. The Labute approximate surface area is 132 Å². The SMILES string of the molecule is Cc1cccc(N)c1CCCCOS(=O)(=O)c1ccccc1. The first kappa shape index (κ1) is 16.5. The lowest BCUT2D eigenvalue weighted by Gasteiger charge is -2.09. The Kier molecular flexibility index (Phi) is 5.57. The molecular formula is C17H21NO3S. The molecule has 0 aliphatic heterocycles. The topological polar surface area (TPSA) is 69.4 Å². The molecule has 2 aromatic carbocycles. The number of unbranched alkanes of at least 4 members (excludes halogenated alkanes) is 1. The molecule has 0 bridgehead atoms. The molecule has 5 heteroatoms. The number of nitrogen functional groups attached to an aromatic ring is 1. The second kappa shape index (κ2) is 7.42. The van der Waals surface area contributed by atoms with E-state index < -0.39 is 10.1 Å².